The molecule has 0 N–H and O–H groups in total. The van der Waals surface area contributed by atoms with Crippen molar-refractivity contribution in [2.75, 3.05) is 4.42 Å². The third-order valence-electron chi connectivity index (χ3n) is 1.73. The number of nitrogens with zero attached hydrogens (tertiary/aromatic N) is 3. The van der Waals surface area contributed by atoms with Gasteiger partial charge in [-0.25, -0.2) is 9.40 Å². The minimum absolute atomic E-state index is 0.611. The van der Waals surface area contributed by atoms with Gasteiger partial charge in [-0.2, -0.15) is 0 Å². The van der Waals surface area contributed by atoms with E-state index >= 15 is 0 Å². The van der Waals surface area contributed by atoms with Crippen LogP contribution in [-0.4, -0.2) is 9.97 Å². The van der Waals surface area contributed by atoms with E-state index in [4.69, 9.17) is 11.8 Å². The molecule has 3 nitrogen and oxygen atoms in total. The van der Waals surface area contributed by atoms with Crippen LogP contribution in [0.3, 0.4) is 0 Å². The Kier molecular flexibility index (Phi) is 2.60. The van der Waals surface area contributed by atoms with Gasteiger partial charge in [-0.3, -0.25) is 4.98 Å². The SMILES string of the molecule is ClN(c1ccccc1)c1cnccn1. The fraction of sp³-hybridized carbons (Fsp3) is 0. The van der Waals surface area contributed by atoms with Crippen molar-refractivity contribution in [2.45, 2.75) is 0 Å². The highest BCUT2D eigenvalue weighted by molar-refractivity contribution is 6.29. The van der Waals surface area contributed by atoms with Gasteiger partial charge < -0.3 is 0 Å². The van der Waals surface area contributed by atoms with Crippen LogP contribution in [0.1, 0.15) is 0 Å². The largest absolute Gasteiger partial charge is 0.259 e. The first-order valence-corrected chi connectivity index (χ1v) is 4.49. The Labute approximate surface area is 87.1 Å². The average Bonchev–Trinajstić information content (AvgIpc) is 2.30. The van der Waals surface area contributed by atoms with Crippen molar-refractivity contribution in [1.29, 1.82) is 0 Å². The molecule has 0 saturated carbocycles. The van der Waals surface area contributed by atoms with Crippen molar-refractivity contribution in [3.63, 3.8) is 0 Å². The van der Waals surface area contributed by atoms with E-state index in [1.165, 1.54) is 4.42 Å². The van der Waals surface area contributed by atoms with E-state index in [0.717, 1.165) is 5.69 Å². The van der Waals surface area contributed by atoms with Crippen LogP contribution in [0, 0.1) is 0 Å². The monoisotopic (exact) mass is 205 g/mol. The molecule has 0 bridgehead atoms. The lowest BCUT2D eigenvalue weighted by Gasteiger charge is -2.13. The molecule has 0 radical (unpaired) electrons. The van der Waals surface area contributed by atoms with Gasteiger partial charge in [0.1, 0.15) is 0 Å². The second-order valence-corrected chi connectivity index (χ2v) is 3.02. The summed E-state index contributed by atoms with van der Waals surface area (Å²) in [5, 5.41) is 0. The first-order chi connectivity index (χ1) is 6.88. The number of anilines is 2. The minimum Gasteiger partial charge on any atom is -0.259 e. The fourth-order valence-electron chi connectivity index (χ4n) is 1.08. The number of aromatic nitrogens is 2. The average molecular weight is 206 g/mol. The van der Waals surface area contributed by atoms with E-state index in [9.17, 15) is 0 Å². The van der Waals surface area contributed by atoms with Crippen molar-refractivity contribution < 1.29 is 0 Å². The van der Waals surface area contributed by atoms with Crippen LogP contribution < -0.4 is 4.42 Å². The zero-order valence-electron chi connectivity index (χ0n) is 7.34. The maximum Gasteiger partial charge on any atom is 0.166 e. The number of rotatable bonds is 2. The smallest absolute Gasteiger partial charge is 0.166 e. The zero-order chi connectivity index (χ0) is 9.80. The molecule has 2 aromatic rings. The molecule has 0 aliphatic rings. The summed E-state index contributed by atoms with van der Waals surface area (Å²) < 4.78 is 1.47. The maximum atomic E-state index is 6.06. The van der Waals surface area contributed by atoms with Gasteiger partial charge in [0.25, 0.3) is 0 Å². The highest BCUT2D eigenvalue weighted by atomic mass is 35.5. The minimum atomic E-state index is 0.611. The van der Waals surface area contributed by atoms with Crippen molar-refractivity contribution in [3.05, 3.63) is 48.9 Å². The van der Waals surface area contributed by atoms with E-state index < -0.39 is 0 Å². The van der Waals surface area contributed by atoms with Gasteiger partial charge in [0.15, 0.2) is 5.82 Å². The topological polar surface area (TPSA) is 29.0 Å². The number of benzene rings is 1. The molecular formula is C10H8ClN3. The van der Waals surface area contributed by atoms with E-state index in [2.05, 4.69) is 9.97 Å². The standard InChI is InChI=1S/C10H8ClN3/c11-14(9-4-2-1-3-5-9)10-8-12-6-7-13-10/h1-8H. The van der Waals surface area contributed by atoms with Crippen molar-refractivity contribution in [3.8, 4) is 0 Å². The van der Waals surface area contributed by atoms with Crippen LogP contribution in [0.25, 0.3) is 0 Å². The summed E-state index contributed by atoms with van der Waals surface area (Å²) in [4.78, 5) is 8.03. The summed E-state index contributed by atoms with van der Waals surface area (Å²) in [6.45, 7) is 0. The first kappa shape index (κ1) is 8.97. The molecule has 0 aliphatic carbocycles. The van der Waals surface area contributed by atoms with Crippen LogP contribution in [0.2, 0.25) is 0 Å². The Balaban J connectivity index is 2.30. The van der Waals surface area contributed by atoms with Gasteiger partial charge >= 0.3 is 0 Å². The van der Waals surface area contributed by atoms with Crippen LogP contribution in [0.4, 0.5) is 11.5 Å². The van der Waals surface area contributed by atoms with Gasteiger partial charge in [0, 0.05) is 24.2 Å². The Bertz CT molecular complexity index is 351. The number of para-hydroxylation sites is 1. The predicted molar refractivity (Wildman–Crippen MR) is 56.5 cm³/mol. The Hall–Kier alpha value is -1.61. The molecule has 1 heterocycles. The molecule has 0 unspecified atom stereocenters. The van der Waals surface area contributed by atoms with Crippen LogP contribution >= 0.6 is 11.8 Å². The van der Waals surface area contributed by atoms with Crippen LogP contribution in [-0.2, 0) is 0 Å². The second kappa shape index (κ2) is 4.07. The molecule has 0 atom stereocenters. The van der Waals surface area contributed by atoms with E-state index in [-0.39, 0.29) is 0 Å². The molecule has 1 aromatic carbocycles. The van der Waals surface area contributed by atoms with Gasteiger partial charge in [0.2, 0.25) is 0 Å². The summed E-state index contributed by atoms with van der Waals surface area (Å²) in [5.41, 5.74) is 0.870. The quantitative estimate of drug-likeness (QED) is 0.706. The van der Waals surface area contributed by atoms with Gasteiger partial charge in [-0.15, -0.1) is 0 Å². The summed E-state index contributed by atoms with van der Waals surface area (Å²) in [5.74, 6) is 0.611. The molecule has 1 aromatic heterocycles. The Morgan fingerprint density at radius 1 is 1.07 bits per heavy atom. The lowest BCUT2D eigenvalue weighted by molar-refractivity contribution is 1.16. The van der Waals surface area contributed by atoms with Crippen molar-refractivity contribution in [2.24, 2.45) is 0 Å². The van der Waals surface area contributed by atoms with E-state index in [0.29, 0.717) is 5.82 Å². The lowest BCUT2D eigenvalue weighted by atomic mass is 10.3. The normalized spacial score (nSPS) is 9.79. The summed E-state index contributed by atoms with van der Waals surface area (Å²) in [7, 11) is 0. The molecule has 4 heteroatoms. The highest BCUT2D eigenvalue weighted by Gasteiger charge is 2.05. The number of halogens is 1. The Morgan fingerprint density at radius 2 is 1.86 bits per heavy atom. The first-order valence-electron chi connectivity index (χ1n) is 4.15. The number of hydrogen-bond acceptors (Lipinski definition) is 3. The molecule has 0 spiro atoms. The second-order valence-electron chi connectivity index (χ2n) is 2.68. The third-order valence-corrected chi connectivity index (χ3v) is 2.10. The predicted octanol–water partition coefficient (Wildman–Crippen LogP) is 2.77. The molecule has 0 amide bonds. The molecule has 70 valence electrons. The van der Waals surface area contributed by atoms with Crippen molar-refractivity contribution >= 4 is 23.3 Å². The van der Waals surface area contributed by atoms with Gasteiger partial charge in [0.05, 0.1) is 11.9 Å². The van der Waals surface area contributed by atoms with Gasteiger partial charge in [-0.1, -0.05) is 18.2 Å². The molecule has 0 fully saturated rings. The van der Waals surface area contributed by atoms with Gasteiger partial charge in [-0.05, 0) is 12.1 Å². The summed E-state index contributed by atoms with van der Waals surface area (Å²) in [6, 6.07) is 9.58. The lowest BCUT2D eigenvalue weighted by Crippen LogP contribution is -2.03. The van der Waals surface area contributed by atoms with E-state index in [1.54, 1.807) is 18.6 Å². The molecule has 2 rings (SSSR count). The zero-order valence-corrected chi connectivity index (χ0v) is 8.09. The Morgan fingerprint density at radius 3 is 2.50 bits per heavy atom. The van der Waals surface area contributed by atoms with E-state index in [1.807, 2.05) is 30.3 Å². The molecule has 14 heavy (non-hydrogen) atoms. The molecule has 0 aliphatic heterocycles. The van der Waals surface area contributed by atoms with Crippen LogP contribution in [0.15, 0.2) is 48.9 Å². The third kappa shape index (κ3) is 1.83. The molecular weight excluding hydrogens is 198 g/mol. The fourth-order valence-corrected chi connectivity index (χ4v) is 1.28. The number of hydrogen-bond donors (Lipinski definition) is 0. The van der Waals surface area contributed by atoms with Crippen LogP contribution in [0.5, 0.6) is 0 Å². The summed E-state index contributed by atoms with van der Waals surface area (Å²) >= 11 is 6.06. The summed E-state index contributed by atoms with van der Waals surface area (Å²) in [6.07, 6.45) is 4.83. The highest BCUT2D eigenvalue weighted by Crippen LogP contribution is 2.23. The molecule has 0 saturated heterocycles. The maximum absolute atomic E-state index is 6.06. The van der Waals surface area contributed by atoms with Crippen molar-refractivity contribution in [1.82, 2.24) is 9.97 Å².